The SMILES string of the molecule is C#Cc1cccc2cc([C@@H](C)NC(=O)c3c(N)nc4cccnn34)n(-c3ccccc3)c(=O)c12. The minimum absolute atomic E-state index is 0.0704. The number of hydrogen-bond donors (Lipinski definition) is 2. The van der Waals surface area contributed by atoms with E-state index < -0.39 is 11.9 Å². The van der Waals surface area contributed by atoms with Crippen molar-refractivity contribution < 1.29 is 4.79 Å². The first-order valence-electron chi connectivity index (χ1n) is 10.6. The Morgan fingerprint density at radius 1 is 1.12 bits per heavy atom. The molecule has 34 heavy (non-hydrogen) atoms. The van der Waals surface area contributed by atoms with Crippen LogP contribution >= 0.6 is 0 Å². The van der Waals surface area contributed by atoms with Gasteiger partial charge in [0.15, 0.2) is 17.2 Å². The highest BCUT2D eigenvalue weighted by Crippen LogP contribution is 2.24. The van der Waals surface area contributed by atoms with Crippen molar-refractivity contribution in [2.75, 3.05) is 5.73 Å². The fraction of sp³-hybridized carbons (Fsp3) is 0.0769. The lowest BCUT2D eigenvalue weighted by atomic mass is 10.0. The van der Waals surface area contributed by atoms with Crippen molar-refractivity contribution >= 4 is 28.1 Å². The van der Waals surface area contributed by atoms with Crippen molar-refractivity contribution in [2.24, 2.45) is 0 Å². The summed E-state index contributed by atoms with van der Waals surface area (Å²) in [6, 6.07) is 19.3. The largest absolute Gasteiger partial charge is 0.382 e. The molecule has 2 aromatic carbocycles. The maximum Gasteiger partial charge on any atom is 0.274 e. The maximum atomic E-state index is 13.7. The Balaban J connectivity index is 1.65. The lowest BCUT2D eigenvalue weighted by Crippen LogP contribution is -2.33. The van der Waals surface area contributed by atoms with Crippen LogP contribution in [0.25, 0.3) is 22.1 Å². The van der Waals surface area contributed by atoms with E-state index in [4.69, 9.17) is 12.2 Å². The van der Waals surface area contributed by atoms with E-state index in [0.29, 0.717) is 33.4 Å². The van der Waals surface area contributed by atoms with E-state index in [2.05, 4.69) is 21.3 Å². The number of nitrogens with two attached hydrogens (primary N) is 1. The van der Waals surface area contributed by atoms with Crippen molar-refractivity contribution in [2.45, 2.75) is 13.0 Å². The van der Waals surface area contributed by atoms with Gasteiger partial charge in [-0.2, -0.15) is 5.10 Å². The summed E-state index contributed by atoms with van der Waals surface area (Å²) in [5, 5.41) is 8.27. The topological polar surface area (TPSA) is 107 Å². The molecule has 8 nitrogen and oxygen atoms in total. The van der Waals surface area contributed by atoms with Crippen molar-refractivity contribution in [3.63, 3.8) is 0 Å². The van der Waals surface area contributed by atoms with Gasteiger partial charge < -0.3 is 11.1 Å². The molecule has 3 heterocycles. The van der Waals surface area contributed by atoms with Gasteiger partial charge in [-0.25, -0.2) is 9.50 Å². The molecular weight excluding hydrogens is 428 g/mol. The van der Waals surface area contributed by atoms with E-state index in [1.807, 2.05) is 48.5 Å². The predicted molar refractivity (Wildman–Crippen MR) is 131 cm³/mol. The second-order valence-corrected chi connectivity index (χ2v) is 7.79. The van der Waals surface area contributed by atoms with E-state index in [0.717, 1.165) is 0 Å². The highest BCUT2D eigenvalue weighted by molar-refractivity contribution is 5.98. The lowest BCUT2D eigenvalue weighted by Gasteiger charge is -2.21. The summed E-state index contributed by atoms with van der Waals surface area (Å²) in [6.07, 6.45) is 7.22. The molecular formula is C26H20N6O2. The molecule has 0 bridgehead atoms. The van der Waals surface area contributed by atoms with Crippen LogP contribution < -0.4 is 16.6 Å². The molecule has 5 rings (SSSR count). The monoisotopic (exact) mass is 448 g/mol. The average Bonchev–Trinajstić information content (AvgIpc) is 3.19. The highest BCUT2D eigenvalue weighted by atomic mass is 16.2. The van der Waals surface area contributed by atoms with Crippen LogP contribution in [0.3, 0.4) is 0 Å². The van der Waals surface area contributed by atoms with Gasteiger partial charge in [0.1, 0.15) is 0 Å². The minimum atomic E-state index is -0.562. The number of fused-ring (bicyclic) bond motifs is 2. The molecule has 3 N–H and O–H groups in total. The van der Waals surface area contributed by atoms with E-state index in [1.165, 1.54) is 4.52 Å². The van der Waals surface area contributed by atoms with E-state index in [9.17, 15) is 9.59 Å². The van der Waals surface area contributed by atoms with E-state index in [-0.39, 0.29) is 17.1 Å². The van der Waals surface area contributed by atoms with Gasteiger partial charge in [-0.1, -0.05) is 36.3 Å². The normalized spacial score (nSPS) is 11.9. The van der Waals surface area contributed by atoms with Gasteiger partial charge in [0.2, 0.25) is 0 Å². The van der Waals surface area contributed by atoms with Crippen LogP contribution in [0, 0.1) is 12.3 Å². The number of nitrogens with zero attached hydrogens (tertiary/aromatic N) is 4. The number of aromatic nitrogens is 4. The number of anilines is 1. The molecule has 0 saturated carbocycles. The molecule has 1 amide bonds. The Morgan fingerprint density at radius 3 is 2.68 bits per heavy atom. The first-order chi connectivity index (χ1) is 16.5. The number of imidazole rings is 1. The zero-order chi connectivity index (χ0) is 23.8. The van der Waals surface area contributed by atoms with Crippen molar-refractivity contribution in [1.82, 2.24) is 24.5 Å². The smallest absolute Gasteiger partial charge is 0.274 e. The third-order valence-electron chi connectivity index (χ3n) is 5.67. The number of pyridine rings is 1. The highest BCUT2D eigenvalue weighted by Gasteiger charge is 2.23. The Labute approximate surface area is 194 Å². The number of carbonyl (C=O) groups excluding carboxylic acids is 1. The van der Waals surface area contributed by atoms with Crippen LogP contribution in [-0.2, 0) is 0 Å². The lowest BCUT2D eigenvalue weighted by molar-refractivity contribution is 0.0932. The number of rotatable bonds is 4. The van der Waals surface area contributed by atoms with E-state index in [1.54, 1.807) is 35.9 Å². The molecule has 0 aliphatic heterocycles. The summed E-state index contributed by atoms with van der Waals surface area (Å²) >= 11 is 0. The molecule has 0 saturated heterocycles. The Bertz CT molecular complexity index is 1660. The van der Waals surface area contributed by atoms with Gasteiger partial charge in [0.05, 0.1) is 11.4 Å². The number of benzene rings is 2. The number of terminal acetylenes is 1. The molecule has 0 unspecified atom stereocenters. The molecule has 0 aliphatic rings. The van der Waals surface area contributed by atoms with Crippen LogP contribution in [0.1, 0.15) is 34.7 Å². The molecule has 0 radical (unpaired) electrons. The molecule has 8 heteroatoms. The first-order valence-corrected chi connectivity index (χ1v) is 10.6. The third-order valence-corrected chi connectivity index (χ3v) is 5.67. The van der Waals surface area contributed by atoms with Crippen LogP contribution in [0.2, 0.25) is 0 Å². The predicted octanol–water partition coefficient (Wildman–Crippen LogP) is 3.09. The molecule has 3 aromatic heterocycles. The Kier molecular flexibility index (Phi) is 5.07. The number of para-hydroxylation sites is 1. The van der Waals surface area contributed by atoms with Gasteiger partial charge in [-0.15, -0.1) is 6.42 Å². The summed E-state index contributed by atoms with van der Waals surface area (Å²) in [5.74, 6) is 2.21. The van der Waals surface area contributed by atoms with E-state index >= 15 is 0 Å². The number of nitrogens with one attached hydrogen (secondary N) is 1. The summed E-state index contributed by atoms with van der Waals surface area (Å²) in [6.45, 7) is 1.80. The molecule has 0 spiro atoms. The summed E-state index contributed by atoms with van der Waals surface area (Å²) < 4.78 is 2.96. The first kappa shape index (κ1) is 21.0. The zero-order valence-corrected chi connectivity index (χ0v) is 18.3. The summed E-state index contributed by atoms with van der Waals surface area (Å²) in [4.78, 5) is 31.1. The quantitative estimate of drug-likeness (QED) is 0.411. The second kappa shape index (κ2) is 8.22. The fourth-order valence-corrected chi connectivity index (χ4v) is 4.12. The summed E-state index contributed by atoms with van der Waals surface area (Å²) in [5.41, 5.74) is 8.11. The van der Waals surface area contributed by atoms with Crippen molar-refractivity contribution in [1.29, 1.82) is 0 Å². The average molecular weight is 448 g/mol. The van der Waals surface area contributed by atoms with Gasteiger partial charge >= 0.3 is 0 Å². The van der Waals surface area contributed by atoms with Crippen LogP contribution in [0.15, 0.2) is 77.7 Å². The molecule has 166 valence electrons. The fourth-order valence-electron chi connectivity index (χ4n) is 4.12. The van der Waals surface area contributed by atoms with Gasteiger partial charge in [-0.05, 0) is 48.7 Å². The second-order valence-electron chi connectivity index (χ2n) is 7.79. The number of nitrogen functional groups attached to an aromatic ring is 1. The molecule has 5 aromatic rings. The van der Waals surface area contributed by atoms with Gasteiger partial charge in [0.25, 0.3) is 11.5 Å². The van der Waals surface area contributed by atoms with Gasteiger partial charge in [-0.3, -0.25) is 14.2 Å². The Morgan fingerprint density at radius 2 is 1.91 bits per heavy atom. The third kappa shape index (κ3) is 3.36. The minimum Gasteiger partial charge on any atom is -0.382 e. The van der Waals surface area contributed by atoms with Crippen molar-refractivity contribution in [3.8, 4) is 18.0 Å². The van der Waals surface area contributed by atoms with Crippen molar-refractivity contribution in [3.05, 3.63) is 100 Å². The van der Waals surface area contributed by atoms with Crippen LogP contribution in [0.4, 0.5) is 5.82 Å². The standard InChI is InChI=1S/C26H20N6O2/c1-3-17-9-7-10-18-15-20(31(26(34)22(17)18)19-11-5-4-6-12-19)16(2)29-25(33)23-24(27)30-21-13-8-14-28-32(21)23/h1,4-16H,27H2,2H3,(H,29,33)/t16-/m1/s1. The number of carbonyl (C=O) groups is 1. The van der Waals surface area contributed by atoms with Gasteiger partial charge in [0, 0.05) is 23.1 Å². The maximum absolute atomic E-state index is 13.7. The van der Waals surface area contributed by atoms with Crippen LogP contribution in [-0.4, -0.2) is 25.1 Å². The van der Waals surface area contributed by atoms with Crippen LogP contribution in [0.5, 0.6) is 0 Å². The zero-order valence-electron chi connectivity index (χ0n) is 18.3. The summed E-state index contributed by atoms with van der Waals surface area (Å²) in [7, 11) is 0. The molecule has 1 atom stereocenters. The Hall–Kier alpha value is -4.90. The molecule has 0 aliphatic carbocycles. The number of amides is 1. The molecule has 0 fully saturated rings. The number of hydrogen-bond acceptors (Lipinski definition) is 5.